The Balaban J connectivity index is 1.43. The van der Waals surface area contributed by atoms with Gasteiger partial charge in [0.1, 0.15) is 24.4 Å². The largest absolute Gasteiger partial charge is 0.489 e. The first kappa shape index (κ1) is 22.8. The number of aromatic nitrogens is 5. The average Bonchev–Trinajstić information content (AvgIpc) is 3.24. The third-order valence-corrected chi connectivity index (χ3v) is 6.94. The number of piperazine rings is 1. The van der Waals surface area contributed by atoms with E-state index in [9.17, 15) is 4.79 Å². The number of carbonyl (C=O) groups excluding carboxylic acids is 1. The summed E-state index contributed by atoms with van der Waals surface area (Å²) in [6.07, 6.45) is 4.79. The number of nitrogens with one attached hydrogen (secondary N) is 1. The summed E-state index contributed by atoms with van der Waals surface area (Å²) in [6.45, 7) is 9.50. The molecule has 11 heteroatoms. The van der Waals surface area contributed by atoms with Gasteiger partial charge in [0.15, 0.2) is 11.4 Å². The highest BCUT2D eigenvalue weighted by Gasteiger charge is 2.37. The number of carbonyl (C=O) groups is 1. The molecule has 2 aliphatic heterocycles. The van der Waals surface area contributed by atoms with Crippen LogP contribution in [-0.4, -0.2) is 74.0 Å². The number of hydrogen-bond acceptors (Lipinski definition) is 8. The molecule has 0 saturated carbocycles. The summed E-state index contributed by atoms with van der Waals surface area (Å²) in [4.78, 5) is 30.3. The number of H-pyrrole nitrogens is 1. The van der Waals surface area contributed by atoms with Gasteiger partial charge in [-0.2, -0.15) is 5.10 Å². The minimum Gasteiger partial charge on any atom is -0.489 e. The van der Waals surface area contributed by atoms with E-state index < -0.39 is 5.60 Å². The van der Waals surface area contributed by atoms with Crippen molar-refractivity contribution in [3.05, 3.63) is 35.4 Å². The Morgan fingerprint density at radius 2 is 2.06 bits per heavy atom. The summed E-state index contributed by atoms with van der Waals surface area (Å²) in [5.41, 5.74) is 3.55. The second-order valence-electron chi connectivity index (χ2n) is 10.2. The van der Waals surface area contributed by atoms with Crippen LogP contribution in [0.1, 0.15) is 26.3 Å². The molecule has 0 aliphatic carbocycles. The number of aryl methyl sites for hydroxylation is 1. The number of nitrogens with zero attached hydrogens (tertiary/aromatic N) is 6. The van der Waals surface area contributed by atoms with E-state index in [1.54, 1.807) is 23.6 Å². The lowest BCUT2D eigenvalue weighted by Gasteiger charge is -2.41. The third kappa shape index (κ3) is 3.67. The van der Waals surface area contributed by atoms with Crippen LogP contribution < -0.4 is 9.64 Å². The van der Waals surface area contributed by atoms with Gasteiger partial charge in [0.2, 0.25) is 0 Å². The van der Waals surface area contributed by atoms with E-state index in [0.717, 1.165) is 38.8 Å². The van der Waals surface area contributed by atoms with Gasteiger partial charge in [-0.3, -0.25) is 5.10 Å². The number of ether oxygens (including phenoxy) is 2. The molecular weight excluding hydrogens is 482 g/mol. The van der Waals surface area contributed by atoms with Crippen molar-refractivity contribution in [1.29, 1.82) is 0 Å². The summed E-state index contributed by atoms with van der Waals surface area (Å²) in [7, 11) is 0. The van der Waals surface area contributed by atoms with Crippen LogP contribution in [0.15, 0.2) is 24.8 Å². The van der Waals surface area contributed by atoms with Gasteiger partial charge in [0.05, 0.1) is 28.2 Å². The van der Waals surface area contributed by atoms with Crippen molar-refractivity contribution >= 4 is 45.4 Å². The second kappa shape index (κ2) is 8.19. The van der Waals surface area contributed by atoms with Gasteiger partial charge in [0, 0.05) is 42.3 Å². The van der Waals surface area contributed by atoms with E-state index in [1.807, 2.05) is 33.8 Å². The summed E-state index contributed by atoms with van der Waals surface area (Å²) in [6, 6.07) is 1.86. The lowest BCUT2D eigenvalue weighted by Crippen LogP contribution is -2.57. The van der Waals surface area contributed by atoms with Crippen molar-refractivity contribution in [3.63, 3.8) is 0 Å². The van der Waals surface area contributed by atoms with Gasteiger partial charge < -0.3 is 19.3 Å². The zero-order valence-electron chi connectivity index (χ0n) is 20.5. The van der Waals surface area contributed by atoms with E-state index in [4.69, 9.17) is 21.1 Å². The van der Waals surface area contributed by atoms with Crippen LogP contribution in [0.4, 0.5) is 10.6 Å². The van der Waals surface area contributed by atoms with Crippen LogP contribution in [-0.2, 0) is 4.74 Å². The highest BCUT2D eigenvalue weighted by atomic mass is 35.5. The number of anilines is 1. The topological polar surface area (TPSA) is 109 Å². The van der Waals surface area contributed by atoms with Crippen molar-refractivity contribution in [2.45, 2.75) is 39.3 Å². The van der Waals surface area contributed by atoms with Crippen molar-refractivity contribution in [2.75, 3.05) is 31.1 Å². The molecule has 0 radical (unpaired) electrons. The molecule has 1 amide bonds. The van der Waals surface area contributed by atoms with E-state index >= 15 is 0 Å². The molecule has 5 heterocycles. The molecule has 2 aliphatic rings. The molecular formula is C25H26ClN7O3. The molecule has 10 nitrogen and oxygen atoms in total. The van der Waals surface area contributed by atoms with Crippen LogP contribution >= 0.6 is 11.6 Å². The molecule has 1 saturated heterocycles. The van der Waals surface area contributed by atoms with E-state index in [0.29, 0.717) is 42.7 Å². The lowest BCUT2D eigenvalue weighted by atomic mass is 9.97. The smallest absolute Gasteiger partial charge is 0.410 e. The first-order valence-corrected chi connectivity index (χ1v) is 12.2. The van der Waals surface area contributed by atoms with E-state index in [1.165, 1.54) is 0 Å². The molecule has 0 spiro atoms. The molecule has 0 bridgehead atoms. The maximum absolute atomic E-state index is 12.7. The predicted molar refractivity (Wildman–Crippen MR) is 137 cm³/mol. The van der Waals surface area contributed by atoms with Crippen LogP contribution in [0, 0.1) is 6.92 Å². The number of benzene rings is 1. The van der Waals surface area contributed by atoms with Gasteiger partial charge in [-0.25, -0.2) is 19.7 Å². The molecule has 1 fully saturated rings. The first-order chi connectivity index (χ1) is 17.2. The zero-order chi connectivity index (χ0) is 25.2. The minimum atomic E-state index is -0.557. The maximum Gasteiger partial charge on any atom is 0.410 e. The van der Waals surface area contributed by atoms with E-state index in [2.05, 4.69) is 30.0 Å². The molecule has 1 atom stereocenters. The third-order valence-electron chi connectivity index (χ3n) is 6.57. The molecule has 36 heavy (non-hydrogen) atoms. The van der Waals surface area contributed by atoms with E-state index in [-0.39, 0.29) is 12.1 Å². The van der Waals surface area contributed by atoms with Crippen molar-refractivity contribution < 1.29 is 14.3 Å². The number of aromatic amines is 1. The standard InChI is InChI=1S/C25H26ClN7O3/c1-13-8-27-22-16(9-30-31-22)18(13)15-7-17-19-21(20(15)26)35-11-14-10-32(24(34)36-25(2,3)4)5-6-33(14)23(19)29-12-28-17/h7-9,12,14H,5-6,10-11H2,1-4H3,(H,27,30,31)/t14-/m0/s1. The fraction of sp³-hybridized carbons (Fsp3) is 0.400. The summed E-state index contributed by atoms with van der Waals surface area (Å²) in [5, 5.41) is 9.21. The Morgan fingerprint density at radius 1 is 1.22 bits per heavy atom. The number of halogens is 1. The van der Waals surface area contributed by atoms with Gasteiger partial charge in [-0.05, 0) is 39.3 Å². The van der Waals surface area contributed by atoms with Gasteiger partial charge in [-0.15, -0.1) is 0 Å². The van der Waals surface area contributed by atoms with Crippen LogP contribution in [0.25, 0.3) is 33.1 Å². The zero-order valence-corrected chi connectivity index (χ0v) is 21.3. The molecule has 1 N–H and O–H groups in total. The number of hydrogen-bond donors (Lipinski definition) is 1. The summed E-state index contributed by atoms with van der Waals surface area (Å²) < 4.78 is 12.0. The quantitative estimate of drug-likeness (QED) is 0.405. The molecule has 186 valence electrons. The van der Waals surface area contributed by atoms with Crippen molar-refractivity contribution in [1.82, 2.24) is 30.0 Å². The molecule has 6 rings (SSSR count). The number of pyridine rings is 1. The normalized spacial score (nSPS) is 17.6. The Labute approximate surface area is 212 Å². The average molecular weight is 508 g/mol. The van der Waals surface area contributed by atoms with Crippen molar-refractivity contribution in [2.24, 2.45) is 0 Å². The van der Waals surface area contributed by atoms with Gasteiger partial charge in [-0.1, -0.05) is 11.6 Å². The number of amides is 1. The van der Waals surface area contributed by atoms with Crippen LogP contribution in [0.5, 0.6) is 5.75 Å². The summed E-state index contributed by atoms with van der Waals surface area (Å²) >= 11 is 7.05. The number of fused-ring (bicyclic) bond motifs is 3. The van der Waals surface area contributed by atoms with Crippen LogP contribution in [0.3, 0.4) is 0 Å². The predicted octanol–water partition coefficient (Wildman–Crippen LogP) is 4.35. The molecule has 4 aromatic rings. The monoisotopic (exact) mass is 507 g/mol. The first-order valence-electron chi connectivity index (χ1n) is 11.8. The Bertz CT molecular complexity index is 1510. The van der Waals surface area contributed by atoms with Crippen LogP contribution in [0.2, 0.25) is 5.02 Å². The Morgan fingerprint density at radius 3 is 2.86 bits per heavy atom. The molecule has 0 unspecified atom stereocenters. The highest BCUT2D eigenvalue weighted by molar-refractivity contribution is 6.37. The molecule has 1 aromatic carbocycles. The van der Waals surface area contributed by atoms with Gasteiger partial charge >= 0.3 is 6.09 Å². The molecule has 3 aromatic heterocycles. The lowest BCUT2D eigenvalue weighted by molar-refractivity contribution is 0.0202. The highest BCUT2D eigenvalue weighted by Crippen LogP contribution is 2.47. The minimum absolute atomic E-state index is 0.112. The van der Waals surface area contributed by atoms with Crippen molar-refractivity contribution in [3.8, 4) is 16.9 Å². The fourth-order valence-corrected chi connectivity index (χ4v) is 5.29. The maximum atomic E-state index is 12.7. The second-order valence-corrected chi connectivity index (χ2v) is 10.6. The fourth-order valence-electron chi connectivity index (χ4n) is 4.99. The summed E-state index contributed by atoms with van der Waals surface area (Å²) in [5.74, 6) is 1.31. The van der Waals surface area contributed by atoms with Gasteiger partial charge in [0.25, 0.3) is 0 Å². The SMILES string of the molecule is Cc1cnc2[nH]ncc2c1-c1cc2ncnc3c2c(c1Cl)OC[C@@H]1CN(C(=O)OC(C)(C)C)CCN31. The Kier molecular flexibility index (Phi) is 5.18. The Hall–Kier alpha value is -3.66. The number of rotatable bonds is 1.